The molecule has 0 amide bonds. The van der Waals surface area contributed by atoms with E-state index in [4.69, 9.17) is 0 Å². The SMILES string of the molecule is C[Si](C)[N-]C(C)(C)C.[C-]1=Cc2c(c3ccccc3c3ccccc23)C1.[Cl-].[Cl-].[Ti+4]. The predicted molar refractivity (Wildman–Crippen MR) is 113 cm³/mol. The summed E-state index contributed by atoms with van der Waals surface area (Å²) in [5.74, 6) is 0. The minimum atomic E-state index is -0.367. The van der Waals surface area contributed by atoms with E-state index < -0.39 is 0 Å². The van der Waals surface area contributed by atoms with Crippen molar-refractivity contribution in [3.05, 3.63) is 70.7 Å². The van der Waals surface area contributed by atoms with Crippen LogP contribution in [-0.2, 0) is 28.1 Å². The van der Waals surface area contributed by atoms with Crippen molar-refractivity contribution >= 4 is 36.6 Å². The number of hydrogen-bond donors (Lipinski definition) is 0. The number of halogens is 2. The van der Waals surface area contributed by atoms with E-state index in [2.05, 4.69) is 99.5 Å². The molecular formula is C23H26Cl2NSiTi. The Morgan fingerprint density at radius 3 is 1.75 bits per heavy atom. The fraction of sp³-hybridized carbons (Fsp3) is 0.304. The van der Waals surface area contributed by atoms with E-state index in [1.165, 1.54) is 32.7 Å². The van der Waals surface area contributed by atoms with Gasteiger partial charge in [-0.15, -0.1) is 17.5 Å². The average molecular weight is 463 g/mol. The van der Waals surface area contributed by atoms with Crippen LogP contribution in [0.5, 0.6) is 0 Å². The molecule has 1 aliphatic carbocycles. The zero-order valence-corrected chi connectivity index (χ0v) is 21.2. The second-order valence-electron chi connectivity index (χ2n) is 7.74. The third-order valence-electron chi connectivity index (χ3n) is 4.17. The molecule has 0 N–H and O–H groups in total. The van der Waals surface area contributed by atoms with Crippen LogP contribution in [0.1, 0.15) is 31.9 Å². The van der Waals surface area contributed by atoms with Crippen molar-refractivity contribution in [2.24, 2.45) is 0 Å². The molecule has 145 valence electrons. The average Bonchev–Trinajstić information content (AvgIpc) is 3.03. The van der Waals surface area contributed by atoms with Gasteiger partial charge in [-0.1, -0.05) is 96.7 Å². The molecule has 0 saturated carbocycles. The van der Waals surface area contributed by atoms with Gasteiger partial charge in [-0.05, 0) is 16.2 Å². The van der Waals surface area contributed by atoms with E-state index in [0.29, 0.717) is 0 Å². The van der Waals surface area contributed by atoms with E-state index in [-0.39, 0.29) is 61.0 Å². The first-order valence-corrected chi connectivity index (χ1v) is 11.3. The molecule has 0 bridgehead atoms. The molecule has 0 aromatic heterocycles. The molecule has 3 aromatic rings. The van der Waals surface area contributed by atoms with Gasteiger partial charge in [-0.25, -0.2) is 6.08 Å². The largest absolute Gasteiger partial charge is 4.00 e. The van der Waals surface area contributed by atoms with E-state index >= 15 is 0 Å². The van der Waals surface area contributed by atoms with Crippen molar-refractivity contribution in [2.75, 3.05) is 0 Å². The Kier molecular flexibility index (Phi) is 11.3. The number of rotatable bonds is 1. The van der Waals surface area contributed by atoms with Crippen LogP contribution in [0.25, 0.3) is 32.6 Å². The van der Waals surface area contributed by atoms with Crippen LogP contribution < -0.4 is 24.8 Å². The quantitative estimate of drug-likeness (QED) is 0.288. The summed E-state index contributed by atoms with van der Waals surface area (Å²) in [6.07, 6.45) is 6.44. The van der Waals surface area contributed by atoms with E-state index in [0.717, 1.165) is 6.42 Å². The van der Waals surface area contributed by atoms with Crippen molar-refractivity contribution in [1.82, 2.24) is 0 Å². The Bertz CT molecular complexity index is 933. The van der Waals surface area contributed by atoms with E-state index in [1.807, 2.05) is 0 Å². The fourth-order valence-corrected chi connectivity index (χ4v) is 4.86. The Hall–Kier alpha value is -0.609. The molecule has 4 rings (SSSR count). The Morgan fingerprint density at radius 2 is 1.29 bits per heavy atom. The molecule has 0 fully saturated rings. The molecule has 3 aromatic carbocycles. The number of nitrogens with zero attached hydrogens (tertiary/aromatic N) is 1. The Labute approximate surface area is 198 Å². The van der Waals surface area contributed by atoms with Crippen molar-refractivity contribution in [3.63, 3.8) is 0 Å². The topological polar surface area (TPSA) is 14.1 Å². The molecule has 0 atom stereocenters. The third kappa shape index (κ3) is 6.45. The van der Waals surface area contributed by atoms with E-state index in [9.17, 15) is 0 Å². The van der Waals surface area contributed by atoms with Gasteiger partial charge >= 0.3 is 21.7 Å². The first kappa shape index (κ1) is 27.4. The predicted octanol–water partition coefficient (Wildman–Crippen LogP) is 0.781. The molecule has 0 heterocycles. The third-order valence-corrected chi connectivity index (χ3v) is 5.29. The minimum Gasteiger partial charge on any atom is -1.00 e. The normalized spacial score (nSPS) is 11.8. The fourth-order valence-electron chi connectivity index (χ4n) is 3.52. The molecule has 5 heteroatoms. The second-order valence-corrected chi connectivity index (χ2v) is 9.86. The summed E-state index contributed by atoms with van der Waals surface area (Å²) in [5.41, 5.74) is 2.98. The number of allylic oxidation sites excluding steroid dienone is 1. The minimum absolute atomic E-state index is 0. The van der Waals surface area contributed by atoms with Crippen molar-refractivity contribution < 1.29 is 46.5 Å². The van der Waals surface area contributed by atoms with Crippen LogP contribution in [0, 0.1) is 6.08 Å². The van der Waals surface area contributed by atoms with Crippen LogP contribution in [0.2, 0.25) is 13.1 Å². The van der Waals surface area contributed by atoms with Crippen molar-refractivity contribution in [2.45, 2.75) is 45.8 Å². The summed E-state index contributed by atoms with van der Waals surface area (Å²) in [7, 11) is -0.367. The van der Waals surface area contributed by atoms with Gasteiger partial charge in [0.15, 0.2) is 0 Å². The van der Waals surface area contributed by atoms with Gasteiger partial charge < -0.3 is 29.8 Å². The molecule has 0 aliphatic heterocycles. The van der Waals surface area contributed by atoms with Crippen LogP contribution in [0.15, 0.2) is 48.5 Å². The van der Waals surface area contributed by atoms with Crippen molar-refractivity contribution in [3.8, 4) is 0 Å². The Morgan fingerprint density at radius 1 is 0.821 bits per heavy atom. The zero-order chi connectivity index (χ0) is 18.0. The van der Waals surface area contributed by atoms with Gasteiger partial charge in [0.2, 0.25) is 0 Å². The van der Waals surface area contributed by atoms with Gasteiger partial charge in [0, 0.05) is 0 Å². The number of hydrogen-bond acceptors (Lipinski definition) is 0. The van der Waals surface area contributed by atoms with E-state index in [1.54, 1.807) is 0 Å². The molecule has 1 radical (unpaired) electrons. The van der Waals surface area contributed by atoms with Gasteiger partial charge in [-0.3, -0.25) is 6.08 Å². The first-order valence-electron chi connectivity index (χ1n) is 8.89. The maximum absolute atomic E-state index is 4.51. The van der Waals surface area contributed by atoms with Gasteiger partial charge in [-0.2, -0.15) is 5.56 Å². The molecular weight excluding hydrogens is 437 g/mol. The van der Waals surface area contributed by atoms with Gasteiger partial charge in [0.05, 0.1) is 0 Å². The monoisotopic (exact) mass is 462 g/mol. The maximum atomic E-state index is 4.51. The molecule has 28 heavy (non-hydrogen) atoms. The second kappa shape index (κ2) is 11.5. The van der Waals surface area contributed by atoms with Gasteiger partial charge in [0.1, 0.15) is 0 Å². The molecule has 0 saturated heterocycles. The summed E-state index contributed by atoms with van der Waals surface area (Å²) in [5, 5.41) is 5.44. The van der Waals surface area contributed by atoms with Crippen molar-refractivity contribution in [1.29, 1.82) is 0 Å². The summed E-state index contributed by atoms with van der Waals surface area (Å²) in [6, 6.07) is 17.3. The molecule has 0 spiro atoms. The maximum Gasteiger partial charge on any atom is 4.00 e. The number of benzene rings is 3. The Balaban J connectivity index is 0.000000585. The van der Waals surface area contributed by atoms with Crippen LogP contribution in [0.3, 0.4) is 0 Å². The van der Waals surface area contributed by atoms with Crippen LogP contribution in [0.4, 0.5) is 0 Å². The van der Waals surface area contributed by atoms with Crippen LogP contribution in [-0.4, -0.2) is 14.5 Å². The summed E-state index contributed by atoms with van der Waals surface area (Å²) >= 11 is 0. The standard InChI is InChI=1S/C17H11.C6H15NSi.2ClH.Ti/c1-3-8-14-12(6-1)13-7-2-4-9-15(13)17-11-5-10-16(14)17;1-6(2,3)7-8(4)5;;;/h1-4,6-10H,11H2;1-5H3;2*1H;/q2*-1;;;+4/p-2. The summed E-state index contributed by atoms with van der Waals surface area (Å²) in [6.45, 7) is 10.8. The summed E-state index contributed by atoms with van der Waals surface area (Å²) < 4.78 is 0. The smallest absolute Gasteiger partial charge is 1.00 e. The van der Waals surface area contributed by atoms with Crippen LogP contribution >= 0.6 is 0 Å². The zero-order valence-electron chi connectivity index (χ0n) is 17.1. The van der Waals surface area contributed by atoms with Gasteiger partial charge in [0.25, 0.3) is 0 Å². The first-order chi connectivity index (χ1) is 11.9. The molecule has 0 unspecified atom stereocenters. The summed E-state index contributed by atoms with van der Waals surface area (Å²) in [4.78, 5) is 4.51. The molecule has 1 nitrogen and oxygen atoms in total. The number of fused-ring (bicyclic) bond motifs is 6. The molecule has 1 aliphatic rings.